The highest BCUT2D eigenvalue weighted by Gasteiger charge is 2.25. The number of carbonyl (C=O) groups is 1. The van der Waals surface area contributed by atoms with E-state index in [9.17, 15) is 4.79 Å². The lowest BCUT2D eigenvalue weighted by Gasteiger charge is -2.32. The molecule has 3 heterocycles. The maximum Gasteiger partial charge on any atom is 0.184 e. The number of pyridine rings is 1. The van der Waals surface area contributed by atoms with Crippen molar-refractivity contribution in [3.05, 3.63) is 17.8 Å². The van der Waals surface area contributed by atoms with Crippen LogP contribution in [0, 0.1) is 11.8 Å². The Bertz CT molecular complexity index is 889. The lowest BCUT2D eigenvalue weighted by Crippen LogP contribution is -2.36. The molecular formula is C26H41N5O. The molecule has 1 N–H and O–H groups in total. The number of hydrogen-bond acceptors (Lipinski definition) is 5. The number of Topliss-reactive ketones (excluding diaryl/α,β-unsaturated/α-hetero) is 1. The average molecular weight is 440 g/mol. The van der Waals surface area contributed by atoms with Gasteiger partial charge in [-0.2, -0.15) is 5.10 Å². The molecule has 6 nitrogen and oxygen atoms in total. The molecule has 176 valence electrons. The maximum absolute atomic E-state index is 13.1. The zero-order valence-electron chi connectivity index (χ0n) is 20.3. The molecule has 1 saturated carbocycles. The molecule has 0 bridgehead atoms. The predicted octanol–water partition coefficient (Wildman–Crippen LogP) is 5.43. The lowest BCUT2D eigenvalue weighted by molar-refractivity contribution is 0.0918. The van der Waals surface area contributed by atoms with Crippen molar-refractivity contribution in [1.29, 1.82) is 0 Å². The van der Waals surface area contributed by atoms with Crippen LogP contribution >= 0.6 is 0 Å². The van der Waals surface area contributed by atoms with Crippen LogP contribution in [-0.4, -0.2) is 51.1 Å². The Morgan fingerprint density at radius 1 is 1.06 bits per heavy atom. The zero-order chi connectivity index (χ0) is 22.5. The molecule has 2 aromatic heterocycles. The van der Waals surface area contributed by atoms with Crippen LogP contribution in [0.5, 0.6) is 0 Å². The summed E-state index contributed by atoms with van der Waals surface area (Å²) < 4.78 is 1.77. The van der Waals surface area contributed by atoms with E-state index in [1.54, 1.807) is 4.68 Å². The summed E-state index contributed by atoms with van der Waals surface area (Å²) in [4.78, 5) is 20.5. The largest absolute Gasteiger partial charge is 0.367 e. The molecule has 6 heteroatoms. The summed E-state index contributed by atoms with van der Waals surface area (Å²) in [6.07, 6.45) is 11.9. The molecule has 0 aromatic carbocycles. The number of carbonyl (C=O) groups excluding carboxylic acids is 1. The minimum absolute atomic E-state index is 0.167. The SMILES string of the molecule is CC(C)CN1CCC(CC(=O)c2nn(C)c3nc(NC4CCCCCCC4)ccc23)CC1. The number of piperidine rings is 1. The van der Waals surface area contributed by atoms with E-state index < -0.39 is 0 Å². The van der Waals surface area contributed by atoms with Crippen LogP contribution in [-0.2, 0) is 7.05 Å². The number of nitrogens with zero attached hydrogens (tertiary/aromatic N) is 4. The Morgan fingerprint density at radius 3 is 2.44 bits per heavy atom. The molecule has 1 saturated heterocycles. The van der Waals surface area contributed by atoms with Crippen molar-refractivity contribution in [2.24, 2.45) is 18.9 Å². The number of fused-ring (bicyclic) bond motifs is 1. The van der Waals surface area contributed by atoms with E-state index in [4.69, 9.17) is 4.98 Å². The summed E-state index contributed by atoms with van der Waals surface area (Å²) in [5.74, 6) is 2.24. The van der Waals surface area contributed by atoms with Gasteiger partial charge in [0.15, 0.2) is 11.4 Å². The number of nitrogens with one attached hydrogen (secondary N) is 1. The molecule has 0 unspecified atom stereocenters. The Hall–Kier alpha value is -1.95. The van der Waals surface area contributed by atoms with Gasteiger partial charge in [-0.3, -0.25) is 4.79 Å². The summed E-state index contributed by atoms with van der Waals surface area (Å²) in [5, 5.41) is 9.13. The fraction of sp³-hybridized carbons (Fsp3) is 0.731. The molecule has 1 aliphatic heterocycles. The van der Waals surface area contributed by atoms with Crippen LogP contribution in [0.3, 0.4) is 0 Å². The number of rotatable bonds is 7. The number of aromatic nitrogens is 3. The molecule has 0 amide bonds. The van der Waals surface area contributed by atoms with Crippen molar-refractivity contribution in [3.63, 3.8) is 0 Å². The van der Waals surface area contributed by atoms with Gasteiger partial charge in [0, 0.05) is 26.1 Å². The highest BCUT2D eigenvalue weighted by Crippen LogP contribution is 2.27. The summed E-state index contributed by atoms with van der Waals surface area (Å²) in [5.41, 5.74) is 1.40. The minimum Gasteiger partial charge on any atom is -0.367 e. The normalized spacial score (nSPS) is 19.9. The fourth-order valence-electron chi connectivity index (χ4n) is 5.48. The first-order valence-corrected chi connectivity index (χ1v) is 12.9. The Labute approximate surface area is 193 Å². The number of aryl methyl sites for hydroxylation is 1. The quantitative estimate of drug-likeness (QED) is 0.583. The van der Waals surface area contributed by atoms with E-state index in [2.05, 4.69) is 29.2 Å². The Kier molecular flexibility index (Phi) is 7.82. The highest BCUT2D eigenvalue weighted by molar-refractivity contribution is 6.05. The van der Waals surface area contributed by atoms with Crippen LogP contribution in [0.4, 0.5) is 5.82 Å². The Morgan fingerprint density at radius 2 is 1.75 bits per heavy atom. The number of anilines is 1. The van der Waals surface area contributed by atoms with Crippen LogP contribution in [0.25, 0.3) is 11.0 Å². The predicted molar refractivity (Wildman–Crippen MR) is 131 cm³/mol. The summed E-state index contributed by atoms with van der Waals surface area (Å²) in [7, 11) is 1.90. The summed E-state index contributed by atoms with van der Waals surface area (Å²) in [6, 6.07) is 4.57. The summed E-state index contributed by atoms with van der Waals surface area (Å²) >= 11 is 0. The van der Waals surface area contributed by atoms with Gasteiger partial charge in [-0.25, -0.2) is 9.67 Å². The Balaban J connectivity index is 1.39. The van der Waals surface area contributed by atoms with Gasteiger partial charge in [-0.1, -0.05) is 46.0 Å². The number of hydrogen-bond donors (Lipinski definition) is 1. The van der Waals surface area contributed by atoms with Gasteiger partial charge in [0.1, 0.15) is 11.5 Å². The van der Waals surface area contributed by atoms with Crippen molar-refractivity contribution < 1.29 is 4.79 Å². The average Bonchev–Trinajstić information content (AvgIpc) is 3.07. The van der Waals surface area contributed by atoms with Crippen molar-refractivity contribution >= 4 is 22.6 Å². The van der Waals surface area contributed by atoms with Gasteiger partial charge in [0.25, 0.3) is 0 Å². The van der Waals surface area contributed by atoms with E-state index in [0.29, 0.717) is 30.0 Å². The lowest BCUT2D eigenvalue weighted by atomic mass is 9.90. The molecule has 2 aromatic rings. The number of ketones is 1. The van der Waals surface area contributed by atoms with Crippen molar-refractivity contribution in [1.82, 2.24) is 19.7 Å². The first-order chi connectivity index (χ1) is 15.5. The molecule has 0 spiro atoms. The topological polar surface area (TPSA) is 63.1 Å². The molecule has 4 rings (SSSR count). The van der Waals surface area contributed by atoms with Crippen LogP contribution in [0.2, 0.25) is 0 Å². The molecule has 2 fully saturated rings. The third-order valence-electron chi connectivity index (χ3n) is 7.21. The van der Waals surface area contributed by atoms with E-state index in [1.807, 2.05) is 19.2 Å². The van der Waals surface area contributed by atoms with Gasteiger partial charge < -0.3 is 10.2 Å². The molecular weight excluding hydrogens is 398 g/mol. The van der Waals surface area contributed by atoms with Crippen molar-refractivity contribution in [2.45, 2.75) is 84.1 Å². The second kappa shape index (κ2) is 10.8. The van der Waals surface area contributed by atoms with Crippen LogP contribution in [0.1, 0.15) is 88.5 Å². The van der Waals surface area contributed by atoms with Gasteiger partial charge in [0.2, 0.25) is 0 Å². The minimum atomic E-state index is 0.167. The van der Waals surface area contributed by atoms with Crippen molar-refractivity contribution in [2.75, 3.05) is 25.0 Å². The smallest absolute Gasteiger partial charge is 0.184 e. The molecule has 32 heavy (non-hydrogen) atoms. The maximum atomic E-state index is 13.1. The monoisotopic (exact) mass is 439 g/mol. The van der Waals surface area contributed by atoms with E-state index >= 15 is 0 Å². The number of likely N-dealkylation sites (tertiary alicyclic amines) is 1. The zero-order valence-corrected chi connectivity index (χ0v) is 20.3. The standard InChI is InChI=1S/C26H41N5O/c1-19(2)18-31-15-13-20(14-16-31)17-23(32)25-22-11-12-24(28-26(22)30(3)29-25)27-21-9-7-5-4-6-8-10-21/h11-12,19-21H,4-10,13-18H2,1-3H3,(H,27,28). The van der Waals surface area contributed by atoms with Gasteiger partial charge in [-0.05, 0) is 62.7 Å². The first-order valence-electron chi connectivity index (χ1n) is 12.9. The second-order valence-corrected chi connectivity index (χ2v) is 10.5. The van der Waals surface area contributed by atoms with Crippen molar-refractivity contribution in [3.8, 4) is 0 Å². The van der Waals surface area contributed by atoms with Crippen LogP contribution in [0.15, 0.2) is 12.1 Å². The first kappa shape index (κ1) is 23.2. The van der Waals surface area contributed by atoms with Gasteiger partial charge >= 0.3 is 0 Å². The highest BCUT2D eigenvalue weighted by atomic mass is 16.1. The molecule has 2 aliphatic rings. The third-order valence-corrected chi connectivity index (χ3v) is 7.21. The second-order valence-electron chi connectivity index (χ2n) is 10.5. The molecule has 1 aliphatic carbocycles. The van der Waals surface area contributed by atoms with Crippen LogP contribution < -0.4 is 5.32 Å². The van der Waals surface area contributed by atoms with Gasteiger partial charge in [-0.15, -0.1) is 0 Å². The molecule has 0 radical (unpaired) electrons. The summed E-state index contributed by atoms with van der Waals surface area (Å²) in [6.45, 7) is 7.92. The molecule has 0 atom stereocenters. The van der Waals surface area contributed by atoms with E-state index in [-0.39, 0.29) is 5.78 Å². The third kappa shape index (κ3) is 5.89. The van der Waals surface area contributed by atoms with E-state index in [0.717, 1.165) is 49.3 Å². The van der Waals surface area contributed by atoms with E-state index in [1.165, 1.54) is 44.9 Å². The fourth-order valence-corrected chi connectivity index (χ4v) is 5.48. The van der Waals surface area contributed by atoms with Gasteiger partial charge in [0.05, 0.1) is 5.39 Å².